The lowest BCUT2D eigenvalue weighted by Gasteiger charge is -2.39. The summed E-state index contributed by atoms with van der Waals surface area (Å²) in [5, 5.41) is 6.69. The number of pyridine rings is 1. The van der Waals surface area contributed by atoms with Crippen molar-refractivity contribution in [2.75, 3.05) is 36.9 Å². The first-order chi connectivity index (χ1) is 13.4. The van der Waals surface area contributed by atoms with E-state index in [0.717, 1.165) is 12.3 Å². The average molecular weight is 411 g/mol. The molecule has 3 rings (SSSR count). The molecule has 0 radical (unpaired) electrons. The minimum Gasteiger partial charge on any atom is -0.342 e. The molecule has 10 heteroatoms. The summed E-state index contributed by atoms with van der Waals surface area (Å²) in [4.78, 5) is 20.5. The molecule has 1 aliphatic rings. The monoisotopic (exact) mass is 411 g/mol. The average Bonchev–Trinajstić information content (AvgIpc) is 3.10. The standard InChI is InChI=1S/C19H24F3N5O2/c1-18(2,3)14-9-16(29-25-14)24-17(28)13-11-26(4)7-8-27(13)15-6-5-12(10-23-15)19(20,21)22/h5-6,9-10,13H,7-8,11H2,1-4H3,(H,24,28). The number of carbonyl (C=O) groups excluding carboxylic acids is 1. The summed E-state index contributed by atoms with van der Waals surface area (Å²) in [5.74, 6) is 0.211. The van der Waals surface area contributed by atoms with Gasteiger partial charge in [-0.05, 0) is 19.2 Å². The van der Waals surface area contributed by atoms with Crippen molar-refractivity contribution in [1.29, 1.82) is 0 Å². The van der Waals surface area contributed by atoms with Crippen molar-refractivity contribution in [2.45, 2.75) is 38.4 Å². The van der Waals surface area contributed by atoms with Gasteiger partial charge in [0, 0.05) is 37.3 Å². The zero-order valence-corrected chi connectivity index (χ0v) is 16.7. The van der Waals surface area contributed by atoms with Crippen molar-refractivity contribution >= 4 is 17.6 Å². The number of nitrogens with zero attached hydrogens (tertiary/aromatic N) is 4. The molecule has 7 nitrogen and oxygen atoms in total. The minimum atomic E-state index is -4.46. The van der Waals surface area contributed by atoms with Crippen LogP contribution in [0.15, 0.2) is 28.9 Å². The molecule has 1 saturated heterocycles. The number of likely N-dealkylation sites (N-methyl/N-ethyl adjacent to an activating group) is 1. The number of piperazine rings is 1. The first-order valence-corrected chi connectivity index (χ1v) is 9.21. The fourth-order valence-electron chi connectivity index (χ4n) is 3.03. The number of hydrogen-bond acceptors (Lipinski definition) is 6. The largest absolute Gasteiger partial charge is 0.417 e. The SMILES string of the molecule is CN1CCN(c2ccc(C(F)(F)F)cn2)C(C(=O)Nc2cc(C(C)(C)C)no2)C1. The van der Waals surface area contributed by atoms with Crippen LogP contribution in [0, 0.1) is 0 Å². The number of nitrogens with one attached hydrogen (secondary N) is 1. The first kappa shape index (κ1) is 21.1. The van der Waals surface area contributed by atoms with Crippen molar-refractivity contribution in [3.8, 4) is 0 Å². The third-order valence-electron chi connectivity index (χ3n) is 4.78. The molecule has 1 fully saturated rings. The predicted molar refractivity (Wildman–Crippen MR) is 102 cm³/mol. The van der Waals surface area contributed by atoms with E-state index in [9.17, 15) is 18.0 Å². The Bertz CT molecular complexity index is 858. The highest BCUT2D eigenvalue weighted by molar-refractivity contribution is 5.96. The van der Waals surface area contributed by atoms with Gasteiger partial charge in [-0.1, -0.05) is 25.9 Å². The number of amides is 1. The van der Waals surface area contributed by atoms with Gasteiger partial charge in [-0.15, -0.1) is 0 Å². The van der Waals surface area contributed by atoms with Crippen LogP contribution >= 0.6 is 0 Å². The lowest BCUT2D eigenvalue weighted by Crippen LogP contribution is -2.57. The van der Waals surface area contributed by atoms with Crippen LogP contribution in [0.4, 0.5) is 24.9 Å². The first-order valence-electron chi connectivity index (χ1n) is 9.21. The summed E-state index contributed by atoms with van der Waals surface area (Å²) < 4.78 is 43.6. The highest BCUT2D eigenvalue weighted by Crippen LogP contribution is 2.30. The molecule has 158 valence electrons. The Labute approximate surface area is 166 Å². The molecule has 2 aromatic heterocycles. The zero-order valence-electron chi connectivity index (χ0n) is 16.7. The van der Waals surface area contributed by atoms with Crippen LogP contribution in [0.5, 0.6) is 0 Å². The Morgan fingerprint density at radius 3 is 2.52 bits per heavy atom. The normalized spacial score (nSPS) is 18.7. The molecule has 0 spiro atoms. The van der Waals surface area contributed by atoms with E-state index in [1.807, 2.05) is 32.7 Å². The van der Waals surface area contributed by atoms with E-state index < -0.39 is 17.8 Å². The number of hydrogen-bond donors (Lipinski definition) is 1. The quantitative estimate of drug-likeness (QED) is 0.837. The molecule has 1 N–H and O–H groups in total. The van der Waals surface area contributed by atoms with E-state index in [-0.39, 0.29) is 17.2 Å². The third kappa shape index (κ3) is 4.87. The number of halogens is 3. The van der Waals surface area contributed by atoms with E-state index in [1.54, 1.807) is 11.0 Å². The third-order valence-corrected chi connectivity index (χ3v) is 4.78. The summed E-state index contributed by atoms with van der Waals surface area (Å²) in [6.07, 6.45) is -3.67. The van der Waals surface area contributed by atoms with E-state index in [2.05, 4.69) is 15.5 Å². The molecule has 0 aromatic carbocycles. The van der Waals surface area contributed by atoms with Crippen LogP contribution in [0.2, 0.25) is 0 Å². The molecular weight excluding hydrogens is 387 g/mol. The summed E-state index contributed by atoms with van der Waals surface area (Å²) >= 11 is 0. The van der Waals surface area contributed by atoms with Crippen molar-refractivity contribution in [2.24, 2.45) is 0 Å². The van der Waals surface area contributed by atoms with Crippen molar-refractivity contribution in [3.63, 3.8) is 0 Å². The highest BCUT2D eigenvalue weighted by Gasteiger charge is 2.34. The Balaban J connectivity index is 1.79. The maximum atomic E-state index is 12.9. The van der Waals surface area contributed by atoms with Crippen molar-refractivity contribution < 1.29 is 22.5 Å². The minimum absolute atomic E-state index is 0.228. The molecule has 29 heavy (non-hydrogen) atoms. The van der Waals surface area contributed by atoms with Gasteiger partial charge in [0.2, 0.25) is 5.88 Å². The molecule has 3 heterocycles. The second-order valence-corrected chi connectivity index (χ2v) is 8.19. The van der Waals surface area contributed by atoms with Gasteiger partial charge in [-0.3, -0.25) is 10.1 Å². The number of anilines is 2. The van der Waals surface area contributed by atoms with E-state index in [4.69, 9.17) is 4.52 Å². The van der Waals surface area contributed by atoms with Gasteiger partial charge in [0.05, 0.1) is 11.3 Å². The number of rotatable bonds is 3. The molecule has 1 aliphatic heterocycles. The smallest absolute Gasteiger partial charge is 0.342 e. The molecule has 1 amide bonds. The second-order valence-electron chi connectivity index (χ2n) is 8.19. The van der Waals surface area contributed by atoms with Gasteiger partial charge < -0.3 is 14.3 Å². The van der Waals surface area contributed by atoms with Crippen LogP contribution in [0.1, 0.15) is 32.0 Å². The molecular formula is C19H24F3N5O2. The summed E-state index contributed by atoms with van der Waals surface area (Å²) in [6, 6.07) is 3.30. The van der Waals surface area contributed by atoms with E-state index >= 15 is 0 Å². The second kappa shape index (κ2) is 7.66. The molecule has 2 aromatic rings. The van der Waals surface area contributed by atoms with E-state index in [1.165, 1.54) is 6.07 Å². The van der Waals surface area contributed by atoms with Crippen LogP contribution in [-0.2, 0) is 16.4 Å². The summed E-state index contributed by atoms with van der Waals surface area (Å²) in [6.45, 7) is 7.44. The van der Waals surface area contributed by atoms with Gasteiger partial charge in [0.1, 0.15) is 11.9 Å². The lowest BCUT2D eigenvalue weighted by atomic mass is 9.92. The lowest BCUT2D eigenvalue weighted by molar-refractivity contribution is -0.137. The fourth-order valence-corrected chi connectivity index (χ4v) is 3.03. The van der Waals surface area contributed by atoms with Gasteiger partial charge in [0.15, 0.2) is 0 Å². The van der Waals surface area contributed by atoms with Crippen LogP contribution in [0.3, 0.4) is 0 Å². The van der Waals surface area contributed by atoms with Crippen molar-refractivity contribution in [1.82, 2.24) is 15.0 Å². The topological polar surface area (TPSA) is 74.5 Å². The number of alkyl halides is 3. The fraction of sp³-hybridized carbons (Fsp3) is 0.526. The number of aromatic nitrogens is 2. The summed E-state index contributed by atoms with van der Waals surface area (Å²) in [7, 11) is 1.88. The molecule has 1 unspecified atom stereocenters. The Kier molecular flexibility index (Phi) is 5.57. The number of carbonyl (C=O) groups is 1. The van der Waals surface area contributed by atoms with Gasteiger partial charge in [-0.25, -0.2) is 4.98 Å². The van der Waals surface area contributed by atoms with Crippen molar-refractivity contribution in [3.05, 3.63) is 35.7 Å². The Hall–Kier alpha value is -2.62. The molecule has 0 saturated carbocycles. The predicted octanol–water partition coefficient (Wildman–Crippen LogP) is 3.15. The van der Waals surface area contributed by atoms with Crippen LogP contribution in [-0.4, -0.2) is 53.7 Å². The molecule has 1 atom stereocenters. The van der Waals surface area contributed by atoms with Crippen LogP contribution in [0.25, 0.3) is 0 Å². The maximum Gasteiger partial charge on any atom is 0.417 e. The van der Waals surface area contributed by atoms with Gasteiger partial charge in [0.25, 0.3) is 5.91 Å². The Morgan fingerprint density at radius 1 is 1.24 bits per heavy atom. The maximum absolute atomic E-state index is 12.9. The molecule has 0 aliphatic carbocycles. The van der Waals surface area contributed by atoms with Crippen LogP contribution < -0.4 is 10.2 Å². The zero-order chi connectivity index (χ0) is 21.4. The van der Waals surface area contributed by atoms with E-state index in [0.29, 0.717) is 31.1 Å². The molecule has 0 bridgehead atoms. The van der Waals surface area contributed by atoms with Gasteiger partial charge >= 0.3 is 6.18 Å². The summed E-state index contributed by atoms with van der Waals surface area (Å²) in [5.41, 5.74) is -0.351. The Morgan fingerprint density at radius 2 is 1.97 bits per heavy atom. The highest BCUT2D eigenvalue weighted by atomic mass is 19.4. The van der Waals surface area contributed by atoms with Gasteiger partial charge in [-0.2, -0.15) is 13.2 Å².